The van der Waals surface area contributed by atoms with E-state index in [1.807, 2.05) is 6.07 Å². The van der Waals surface area contributed by atoms with E-state index in [0.29, 0.717) is 17.4 Å². The topological polar surface area (TPSA) is 12.0 Å². The molecule has 0 spiro atoms. The van der Waals surface area contributed by atoms with Gasteiger partial charge in [0.1, 0.15) is 5.82 Å². The predicted octanol–water partition coefficient (Wildman–Crippen LogP) is 3.91. The van der Waals surface area contributed by atoms with Crippen LogP contribution in [0.1, 0.15) is 45.2 Å². The molecule has 0 saturated heterocycles. The number of rotatable bonds is 5. The van der Waals surface area contributed by atoms with Gasteiger partial charge < -0.3 is 5.32 Å². The first kappa shape index (κ1) is 12.6. The predicted molar refractivity (Wildman–Crippen MR) is 69.3 cm³/mol. The molecule has 1 nitrogen and oxygen atoms in total. The molecule has 2 rings (SSSR count). The standard InChI is InChI=1S/C15H22FN/c1-4-8-17-14(13-10-15(13,2)3)11-6-5-7-12(16)9-11/h5-7,9,13-14,17H,4,8,10H2,1-3H3. The molecule has 0 bridgehead atoms. The van der Waals surface area contributed by atoms with Gasteiger partial charge in [-0.3, -0.25) is 0 Å². The van der Waals surface area contributed by atoms with Gasteiger partial charge in [0.2, 0.25) is 0 Å². The molecule has 1 fully saturated rings. The molecule has 2 atom stereocenters. The molecular formula is C15H22FN. The normalized spacial score (nSPS) is 23.4. The molecule has 1 aliphatic carbocycles. The number of hydrogen-bond acceptors (Lipinski definition) is 1. The van der Waals surface area contributed by atoms with Crippen molar-refractivity contribution in [1.29, 1.82) is 0 Å². The highest BCUT2D eigenvalue weighted by Gasteiger charge is 2.50. The van der Waals surface area contributed by atoms with Crippen molar-refractivity contribution < 1.29 is 4.39 Å². The molecule has 0 radical (unpaired) electrons. The van der Waals surface area contributed by atoms with Crippen molar-refractivity contribution in [2.75, 3.05) is 6.54 Å². The highest BCUT2D eigenvalue weighted by atomic mass is 19.1. The van der Waals surface area contributed by atoms with Gasteiger partial charge in [-0.25, -0.2) is 4.39 Å². The van der Waals surface area contributed by atoms with Crippen molar-refractivity contribution in [1.82, 2.24) is 5.32 Å². The molecule has 1 aromatic carbocycles. The Morgan fingerprint density at radius 1 is 1.47 bits per heavy atom. The lowest BCUT2D eigenvalue weighted by Gasteiger charge is -2.21. The Morgan fingerprint density at radius 3 is 2.71 bits per heavy atom. The summed E-state index contributed by atoms with van der Waals surface area (Å²) in [5.41, 5.74) is 1.49. The molecule has 94 valence electrons. The Balaban J connectivity index is 2.16. The third-order valence-electron chi connectivity index (χ3n) is 3.81. The first-order chi connectivity index (χ1) is 8.04. The summed E-state index contributed by atoms with van der Waals surface area (Å²) in [6.45, 7) is 7.73. The van der Waals surface area contributed by atoms with Crippen molar-refractivity contribution in [3.63, 3.8) is 0 Å². The van der Waals surface area contributed by atoms with E-state index in [9.17, 15) is 4.39 Å². The minimum atomic E-state index is -0.135. The highest BCUT2D eigenvalue weighted by Crippen LogP contribution is 2.57. The van der Waals surface area contributed by atoms with Crippen molar-refractivity contribution >= 4 is 0 Å². The molecular weight excluding hydrogens is 213 g/mol. The van der Waals surface area contributed by atoms with E-state index in [0.717, 1.165) is 18.5 Å². The minimum absolute atomic E-state index is 0.135. The maximum atomic E-state index is 13.3. The summed E-state index contributed by atoms with van der Waals surface area (Å²) < 4.78 is 13.3. The van der Waals surface area contributed by atoms with Gasteiger partial charge in [0, 0.05) is 6.04 Å². The van der Waals surface area contributed by atoms with E-state index < -0.39 is 0 Å². The Morgan fingerprint density at radius 2 is 2.18 bits per heavy atom. The van der Waals surface area contributed by atoms with E-state index in [2.05, 4.69) is 26.1 Å². The van der Waals surface area contributed by atoms with Gasteiger partial charge >= 0.3 is 0 Å². The number of halogens is 1. The Bertz CT molecular complexity index is 386. The van der Waals surface area contributed by atoms with Gasteiger partial charge in [0.15, 0.2) is 0 Å². The Hall–Kier alpha value is -0.890. The van der Waals surface area contributed by atoms with Gasteiger partial charge in [-0.1, -0.05) is 32.9 Å². The number of benzene rings is 1. The van der Waals surface area contributed by atoms with Crippen LogP contribution in [0.2, 0.25) is 0 Å². The molecule has 1 saturated carbocycles. The van der Waals surface area contributed by atoms with Crippen LogP contribution in [0.4, 0.5) is 4.39 Å². The summed E-state index contributed by atoms with van der Waals surface area (Å²) in [4.78, 5) is 0. The maximum absolute atomic E-state index is 13.3. The SMILES string of the molecule is CCCNC(c1cccc(F)c1)C1CC1(C)C. The van der Waals surface area contributed by atoms with E-state index in [1.54, 1.807) is 12.1 Å². The van der Waals surface area contributed by atoms with E-state index >= 15 is 0 Å². The number of nitrogens with one attached hydrogen (secondary N) is 1. The first-order valence-electron chi connectivity index (χ1n) is 6.53. The first-order valence-corrected chi connectivity index (χ1v) is 6.53. The van der Waals surface area contributed by atoms with Crippen molar-refractivity contribution in [3.8, 4) is 0 Å². The molecule has 0 heterocycles. The monoisotopic (exact) mass is 235 g/mol. The van der Waals surface area contributed by atoms with Gasteiger partial charge in [0.05, 0.1) is 0 Å². The van der Waals surface area contributed by atoms with E-state index in [1.165, 1.54) is 12.5 Å². The average Bonchev–Trinajstić information content (AvgIpc) is 2.88. The average molecular weight is 235 g/mol. The second-order valence-corrected chi connectivity index (χ2v) is 5.79. The lowest BCUT2D eigenvalue weighted by atomic mass is 9.97. The fourth-order valence-electron chi connectivity index (χ4n) is 2.57. The van der Waals surface area contributed by atoms with Gasteiger partial charge in [0.25, 0.3) is 0 Å². The fourth-order valence-corrected chi connectivity index (χ4v) is 2.57. The number of hydrogen-bond donors (Lipinski definition) is 1. The minimum Gasteiger partial charge on any atom is -0.310 e. The van der Waals surface area contributed by atoms with Crippen LogP contribution < -0.4 is 5.32 Å². The van der Waals surface area contributed by atoms with Gasteiger partial charge in [-0.05, 0) is 48.4 Å². The summed E-state index contributed by atoms with van der Waals surface area (Å²) >= 11 is 0. The largest absolute Gasteiger partial charge is 0.310 e. The molecule has 0 amide bonds. The molecule has 1 aromatic rings. The lowest BCUT2D eigenvalue weighted by molar-refractivity contribution is 0.414. The van der Waals surface area contributed by atoms with Gasteiger partial charge in [-0.15, -0.1) is 0 Å². The summed E-state index contributed by atoms with van der Waals surface area (Å²) in [6.07, 6.45) is 2.34. The Labute approximate surface area is 103 Å². The zero-order valence-electron chi connectivity index (χ0n) is 11.0. The summed E-state index contributed by atoms with van der Waals surface area (Å²) in [6, 6.07) is 7.33. The van der Waals surface area contributed by atoms with Crippen LogP contribution in [0.15, 0.2) is 24.3 Å². The van der Waals surface area contributed by atoms with Crippen molar-refractivity contribution in [2.45, 2.75) is 39.7 Å². The van der Waals surface area contributed by atoms with Crippen LogP contribution in [0, 0.1) is 17.2 Å². The van der Waals surface area contributed by atoms with Crippen LogP contribution in [0.5, 0.6) is 0 Å². The molecule has 0 aliphatic heterocycles. The quantitative estimate of drug-likeness (QED) is 0.816. The molecule has 1 aliphatic rings. The van der Waals surface area contributed by atoms with Crippen LogP contribution in [-0.2, 0) is 0 Å². The molecule has 2 heteroatoms. The van der Waals surface area contributed by atoms with E-state index in [-0.39, 0.29) is 5.82 Å². The van der Waals surface area contributed by atoms with Crippen molar-refractivity contribution in [2.24, 2.45) is 11.3 Å². The zero-order valence-corrected chi connectivity index (χ0v) is 11.0. The zero-order chi connectivity index (χ0) is 12.5. The third kappa shape index (κ3) is 2.86. The maximum Gasteiger partial charge on any atom is 0.123 e. The van der Waals surface area contributed by atoms with Gasteiger partial charge in [-0.2, -0.15) is 0 Å². The van der Waals surface area contributed by atoms with Crippen LogP contribution in [0.25, 0.3) is 0 Å². The summed E-state index contributed by atoms with van der Waals surface area (Å²) in [5.74, 6) is 0.500. The summed E-state index contributed by atoms with van der Waals surface area (Å²) in [5, 5.41) is 3.56. The second-order valence-electron chi connectivity index (χ2n) is 5.79. The molecule has 1 N–H and O–H groups in total. The third-order valence-corrected chi connectivity index (χ3v) is 3.81. The van der Waals surface area contributed by atoms with Crippen LogP contribution in [-0.4, -0.2) is 6.54 Å². The smallest absolute Gasteiger partial charge is 0.123 e. The Kier molecular flexibility index (Phi) is 3.53. The lowest BCUT2D eigenvalue weighted by Crippen LogP contribution is -2.25. The highest BCUT2D eigenvalue weighted by molar-refractivity contribution is 5.24. The van der Waals surface area contributed by atoms with Crippen LogP contribution >= 0.6 is 0 Å². The van der Waals surface area contributed by atoms with Crippen LogP contribution in [0.3, 0.4) is 0 Å². The molecule has 2 unspecified atom stereocenters. The second kappa shape index (κ2) is 4.77. The molecule has 0 aromatic heterocycles. The van der Waals surface area contributed by atoms with Crippen molar-refractivity contribution in [3.05, 3.63) is 35.6 Å². The molecule has 17 heavy (non-hydrogen) atoms. The summed E-state index contributed by atoms with van der Waals surface area (Å²) in [7, 11) is 0. The van der Waals surface area contributed by atoms with E-state index in [4.69, 9.17) is 0 Å². The fraction of sp³-hybridized carbons (Fsp3) is 0.600.